The average Bonchev–Trinajstić information content (AvgIpc) is 2.40. The molecular weight excluding hydrogens is 379 g/mol. The lowest BCUT2D eigenvalue weighted by Crippen LogP contribution is -2.48. The molecule has 124 valence electrons. The minimum absolute atomic E-state index is 0. The molecule has 0 rings (SSSR count). The van der Waals surface area contributed by atoms with E-state index < -0.39 is 5.41 Å². The number of unbranched alkanes of at least 4 members (excludes halogenated alkanes) is 1. The molecule has 21 heavy (non-hydrogen) atoms. The number of allylic oxidation sites excluding steroid dienone is 1. The van der Waals surface area contributed by atoms with Crippen molar-refractivity contribution >= 4 is 35.8 Å². The van der Waals surface area contributed by atoms with E-state index in [0.29, 0.717) is 13.1 Å². The topological polar surface area (TPSA) is 56.7 Å². The lowest BCUT2D eigenvalue weighted by atomic mass is 9.92. The van der Waals surface area contributed by atoms with Gasteiger partial charge in [0, 0.05) is 33.7 Å². The Balaban J connectivity index is 0. The van der Waals surface area contributed by atoms with Crippen LogP contribution in [-0.2, 0) is 4.79 Å². The van der Waals surface area contributed by atoms with E-state index in [2.05, 4.69) is 27.1 Å². The Kier molecular flexibility index (Phi) is 12.7. The van der Waals surface area contributed by atoms with Gasteiger partial charge in [0.25, 0.3) is 0 Å². The van der Waals surface area contributed by atoms with E-state index in [1.165, 1.54) is 0 Å². The van der Waals surface area contributed by atoms with Crippen LogP contribution in [0.4, 0.5) is 0 Å². The number of hydrogen-bond acceptors (Lipinski definition) is 2. The molecular formula is C15H31IN4O. The van der Waals surface area contributed by atoms with Gasteiger partial charge in [-0.15, -0.1) is 30.6 Å². The van der Waals surface area contributed by atoms with Crippen LogP contribution < -0.4 is 10.6 Å². The largest absolute Gasteiger partial charge is 0.356 e. The molecule has 0 fully saturated rings. The number of nitrogens with one attached hydrogen (secondary N) is 2. The number of rotatable bonds is 8. The molecule has 0 saturated carbocycles. The van der Waals surface area contributed by atoms with Crippen LogP contribution in [0.5, 0.6) is 0 Å². The monoisotopic (exact) mass is 410 g/mol. The summed E-state index contributed by atoms with van der Waals surface area (Å²) in [5, 5.41) is 6.12. The summed E-state index contributed by atoms with van der Waals surface area (Å²) in [5.41, 5.74) is -0.464. The number of aliphatic imine (C=N–C) groups is 1. The van der Waals surface area contributed by atoms with Gasteiger partial charge in [-0.3, -0.25) is 9.79 Å². The predicted molar refractivity (Wildman–Crippen MR) is 101 cm³/mol. The van der Waals surface area contributed by atoms with Gasteiger partial charge in [-0.05, 0) is 33.6 Å². The van der Waals surface area contributed by atoms with Gasteiger partial charge >= 0.3 is 0 Å². The summed E-state index contributed by atoms with van der Waals surface area (Å²) in [6.45, 7) is 11.6. The smallest absolute Gasteiger partial charge is 0.227 e. The Hall–Kier alpha value is -0.790. The Morgan fingerprint density at radius 2 is 2.00 bits per heavy atom. The maximum atomic E-state index is 11.9. The van der Waals surface area contributed by atoms with Crippen LogP contribution in [0.2, 0.25) is 0 Å². The molecule has 0 aliphatic rings. The van der Waals surface area contributed by atoms with Crippen molar-refractivity contribution in [2.24, 2.45) is 10.4 Å². The molecule has 1 amide bonds. The molecule has 5 nitrogen and oxygen atoms in total. The van der Waals surface area contributed by atoms with Gasteiger partial charge in [0.15, 0.2) is 5.96 Å². The van der Waals surface area contributed by atoms with Gasteiger partial charge in [-0.25, -0.2) is 0 Å². The first-order valence-electron chi connectivity index (χ1n) is 7.20. The number of carbonyl (C=O) groups is 1. The molecule has 0 radical (unpaired) electrons. The first-order chi connectivity index (χ1) is 9.38. The van der Waals surface area contributed by atoms with Crippen molar-refractivity contribution in [2.45, 2.75) is 33.6 Å². The molecule has 0 saturated heterocycles. The predicted octanol–water partition coefficient (Wildman–Crippen LogP) is 2.24. The van der Waals surface area contributed by atoms with Crippen LogP contribution in [0.3, 0.4) is 0 Å². The van der Waals surface area contributed by atoms with Crippen LogP contribution in [0.1, 0.15) is 33.6 Å². The number of amides is 1. The quantitative estimate of drug-likeness (QED) is 0.212. The van der Waals surface area contributed by atoms with E-state index in [-0.39, 0.29) is 29.9 Å². The van der Waals surface area contributed by atoms with E-state index in [1.807, 2.05) is 33.9 Å². The molecule has 6 heteroatoms. The molecule has 0 aromatic carbocycles. The van der Waals surface area contributed by atoms with Crippen LogP contribution in [0.15, 0.2) is 17.6 Å². The third-order valence-corrected chi connectivity index (χ3v) is 3.12. The van der Waals surface area contributed by atoms with Crippen molar-refractivity contribution < 1.29 is 4.79 Å². The minimum atomic E-state index is -0.464. The van der Waals surface area contributed by atoms with E-state index in [4.69, 9.17) is 0 Å². The second-order valence-corrected chi connectivity index (χ2v) is 5.50. The number of nitrogens with zero attached hydrogens (tertiary/aromatic N) is 2. The Morgan fingerprint density at radius 3 is 2.48 bits per heavy atom. The second-order valence-electron chi connectivity index (χ2n) is 5.50. The summed E-state index contributed by atoms with van der Waals surface area (Å²) in [7, 11) is 3.75. The first kappa shape index (κ1) is 22.5. The molecule has 0 spiro atoms. The zero-order valence-corrected chi connectivity index (χ0v) is 16.4. The normalized spacial score (nSPS) is 11.4. The highest BCUT2D eigenvalue weighted by atomic mass is 127. The highest BCUT2D eigenvalue weighted by Gasteiger charge is 2.27. The molecule has 0 atom stereocenters. The van der Waals surface area contributed by atoms with Gasteiger partial charge in [0.2, 0.25) is 5.91 Å². The Morgan fingerprint density at radius 1 is 1.38 bits per heavy atom. The Labute approximate surface area is 146 Å². The number of guanidine groups is 1. The summed E-state index contributed by atoms with van der Waals surface area (Å²) in [6.07, 6.45) is 3.95. The van der Waals surface area contributed by atoms with Crippen LogP contribution in [0.25, 0.3) is 0 Å². The van der Waals surface area contributed by atoms with Crippen molar-refractivity contribution in [3.63, 3.8) is 0 Å². The summed E-state index contributed by atoms with van der Waals surface area (Å²) in [5.74, 6) is 0.865. The lowest BCUT2D eigenvalue weighted by molar-refractivity contribution is -0.128. The van der Waals surface area contributed by atoms with Crippen molar-refractivity contribution in [1.82, 2.24) is 15.5 Å². The minimum Gasteiger partial charge on any atom is -0.356 e. The lowest BCUT2D eigenvalue weighted by Gasteiger charge is -2.28. The Bertz CT molecular complexity index is 343. The second kappa shape index (κ2) is 11.8. The SMILES string of the molecule is C=CCCCN(C)C(=NC)NCC(C)(C)C(=O)NCC.I. The molecule has 0 aromatic heterocycles. The molecule has 0 aliphatic carbocycles. The van der Waals surface area contributed by atoms with E-state index in [1.54, 1.807) is 7.05 Å². The molecule has 2 N–H and O–H groups in total. The van der Waals surface area contributed by atoms with Crippen molar-refractivity contribution in [2.75, 3.05) is 33.7 Å². The highest BCUT2D eigenvalue weighted by molar-refractivity contribution is 14.0. The maximum absolute atomic E-state index is 11.9. The first-order valence-corrected chi connectivity index (χ1v) is 7.20. The molecule has 0 heterocycles. The molecule has 0 aliphatic heterocycles. The number of halogens is 1. The van der Waals surface area contributed by atoms with Crippen molar-refractivity contribution in [3.05, 3.63) is 12.7 Å². The van der Waals surface area contributed by atoms with Crippen molar-refractivity contribution in [3.8, 4) is 0 Å². The zero-order chi connectivity index (χ0) is 15.6. The summed E-state index contributed by atoms with van der Waals surface area (Å²) in [4.78, 5) is 18.2. The summed E-state index contributed by atoms with van der Waals surface area (Å²) >= 11 is 0. The molecule has 0 unspecified atom stereocenters. The third-order valence-electron chi connectivity index (χ3n) is 3.12. The van der Waals surface area contributed by atoms with Gasteiger partial charge < -0.3 is 15.5 Å². The van der Waals surface area contributed by atoms with Crippen molar-refractivity contribution in [1.29, 1.82) is 0 Å². The van der Waals surface area contributed by atoms with Gasteiger partial charge in [0.1, 0.15) is 0 Å². The van der Waals surface area contributed by atoms with Gasteiger partial charge in [-0.1, -0.05) is 6.08 Å². The summed E-state index contributed by atoms with van der Waals surface area (Å²) in [6, 6.07) is 0. The van der Waals surface area contributed by atoms with Crippen LogP contribution >= 0.6 is 24.0 Å². The van der Waals surface area contributed by atoms with Crippen LogP contribution in [-0.4, -0.2) is 50.5 Å². The van der Waals surface area contributed by atoms with E-state index in [9.17, 15) is 4.79 Å². The molecule has 0 aromatic rings. The highest BCUT2D eigenvalue weighted by Crippen LogP contribution is 2.13. The van der Waals surface area contributed by atoms with Gasteiger partial charge in [-0.2, -0.15) is 0 Å². The fourth-order valence-corrected chi connectivity index (χ4v) is 1.74. The molecule has 0 bridgehead atoms. The van der Waals surface area contributed by atoms with Gasteiger partial charge in [0.05, 0.1) is 5.41 Å². The standard InChI is InChI=1S/C15H30N4O.HI/c1-7-9-10-11-19(6)14(16-5)18-12-15(3,4)13(20)17-8-2;/h7H,1,8-12H2,2-6H3,(H,16,18)(H,17,20);1H. The fraction of sp³-hybridized carbons (Fsp3) is 0.733. The fourth-order valence-electron chi connectivity index (χ4n) is 1.74. The zero-order valence-electron chi connectivity index (χ0n) is 14.0. The van der Waals surface area contributed by atoms with E-state index in [0.717, 1.165) is 25.3 Å². The van der Waals surface area contributed by atoms with E-state index >= 15 is 0 Å². The average molecular weight is 410 g/mol. The maximum Gasteiger partial charge on any atom is 0.227 e. The number of hydrogen-bond donors (Lipinski definition) is 2. The number of carbonyl (C=O) groups excluding carboxylic acids is 1. The third kappa shape index (κ3) is 8.95. The van der Waals surface area contributed by atoms with Crippen LogP contribution in [0, 0.1) is 5.41 Å². The summed E-state index contributed by atoms with van der Waals surface area (Å²) < 4.78 is 0.